The van der Waals surface area contributed by atoms with Crippen molar-refractivity contribution in [3.05, 3.63) is 52.6 Å². The third kappa shape index (κ3) is 10.2. The molecule has 174 valence electrons. The molecule has 0 saturated carbocycles. The molecule has 0 spiro atoms. The summed E-state index contributed by atoms with van der Waals surface area (Å²) < 4.78 is 13.8. The summed E-state index contributed by atoms with van der Waals surface area (Å²) in [7, 11) is 0. The molecule has 33 heavy (non-hydrogen) atoms. The normalized spacial score (nSPS) is 15.8. The van der Waals surface area contributed by atoms with E-state index in [2.05, 4.69) is 27.6 Å². The summed E-state index contributed by atoms with van der Waals surface area (Å²) in [6.45, 7) is 11.6. The van der Waals surface area contributed by atoms with Crippen LogP contribution in [0.15, 0.2) is 40.2 Å². The molecule has 0 bridgehead atoms. The zero-order valence-electron chi connectivity index (χ0n) is 20.8. The Hall–Kier alpha value is -1.34. The van der Waals surface area contributed by atoms with Crippen LogP contribution in [-0.2, 0) is 10.3 Å². The topological polar surface area (TPSA) is 94.5 Å². The van der Waals surface area contributed by atoms with E-state index in [1.54, 1.807) is 13.0 Å². The fourth-order valence-corrected chi connectivity index (χ4v) is 3.20. The molecule has 1 atom stereocenters. The standard InChI is InChI=1S/C16H21FN2O.C9H13N3.K/c1-3-18-15-10-13(9-14(17)11-15)16(2,12-20)19-7-5-4-6-8-19;1-4-8(11)6-12-9(5-10)7(2)3;/h9,11,18H,3-8H2,1-2H3;4,6H,11H2,1-3H3;/q-2;;+1/b;8-4+,12-6?;. The van der Waals surface area contributed by atoms with Gasteiger partial charge in [-0.1, -0.05) is 30.6 Å². The number of allylic oxidation sites excluding steroid dienone is 4. The number of aliphatic imine (C=N–C) groups is 1. The van der Waals surface area contributed by atoms with Crippen molar-refractivity contribution in [3.63, 3.8) is 0 Å². The third-order valence-electron chi connectivity index (χ3n) is 5.17. The van der Waals surface area contributed by atoms with E-state index in [4.69, 9.17) is 11.0 Å². The van der Waals surface area contributed by atoms with Crippen molar-refractivity contribution in [1.82, 2.24) is 4.90 Å². The second kappa shape index (κ2) is 16.3. The van der Waals surface area contributed by atoms with Crippen LogP contribution in [0, 0.1) is 23.2 Å². The summed E-state index contributed by atoms with van der Waals surface area (Å²) in [5.74, 6) is -0.354. The van der Waals surface area contributed by atoms with Crippen LogP contribution in [-0.4, -0.2) is 37.0 Å². The summed E-state index contributed by atoms with van der Waals surface area (Å²) in [5.41, 5.74) is 7.53. The van der Waals surface area contributed by atoms with Gasteiger partial charge in [0.1, 0.15) is 11.8 Å². The Morgan fingerprint density at radius 1 is 1.39 bits per heavy atom. The molecule has 3 N–H and O–H groups in total. The van der Waals surface area contributed by atoms with Gasteiger partial charge in [-0.2, -0.15) is 16.9 Å². The molecule has 1 aromatic carbocycles. The molecule has 1 fully saturated rings. The van der Waals surface area contributed by atoms with E-state index in [1.165, 1.54) is 24.8 Å². The molecule has 0 amide bonds. The van der Waals surface area contributed by atoms with Gasteiger partial charge in [0.15, 0.2) is 0 Å². The van der Waals surface area contributed by atoms with Gasteiger partial charge in [0.05, 0.1) is 6.21 Å². The molecular formula is C25H34FKN5O-. The van der Waals surface area contributed by atoms with E-state index in [1.807, 2.05) is 33.8 Å². The molecule has 1 saturated heterocycles. The van der Waals surface area contributed by atoms with Crippen LogP contribution in [0.2, 0.25) is 0 Å². The van der Waals surface area contributed by atoms with Crippen LogP contribution < -0.4 is 62.4 Å². The molecule has 1 aliphatic rings. The van der Waals surface area contributed by atoms with Crippen molar-refractivity contribution in [2.24, 2.45) is 10.7 Å². The van der Waals surface area contributed by atoms with Crippen LogP contribution in [0.3, 0.4) is 0 Å². The predicted octanol–water partition coefficient (Wildman–Crippen LogP) is 1.61. The van der Waals surface area contributed by atoms with Crippen molar-refractivity contribution in [2.75, 3.05) is 25.0 Å². The Balaban J connectivity index is 0.000000685. The predicted molar refractivity (Wildman–Crippen MR) is 128 cm³/mol. The average molecular weight is 479 g/mol. The van der Waals surface area contributed by atoms with E-state index in [-0.39, 0.29) is 57.2 Å². The van der Waals surface area contributed by atoms with E-state index < -0.39 is 5.54 Å². The quantitative estimate of drug-likeness (QED) is 0.269. The first-order chi connectivity index (χ1) is 15.2. The van der Waals surface area contributed by atoms with Gasteiger partial charge in [0.2, 0.25) is 0 Å². The molecular weight excluding hydrogens is 444 g/mol. The fraction of sp³-hybridized carbons (Fsp3) is 0.480. The van der Waals surface area contributed by atoms with Crippen LogP contribution in [0.4, 0.5) is 10.1 Å². The molecule has 1 heterocycles. The molecule has 1 unspecified atom stereocenters. The van der Waals surface area contributed by atoms with Gasteiger partial charge in [0, 0.05) is 18.1 Å². The van der Waals surface area contributed by atoms with Crippen molar-refractivity contribution in [2.45, 2.75) is 59.4 Å². The number of hydrogen-bond donors (Lipinski definition) is 2. The van der Waals surface area contributed by atoms with Crippen LogP contribution in [0.5, 0.6) is 0 Å². The van der Waals surface area contributed by atoms with Gasteiger partial charge in [-0.05, 0) is 59.2 Å². The minimum absolute atomic E-state index is 0. The van der Waals surface area contributed by atoms with Crippen molar-refractivity contribution in [3.8, 4) is 6.07 Å². The SMILES string of the molecule is C/C=C(/N)C=NC(C#N)=C(C)C.CCNc1[c-]c(C(C)([C-]=O)N2CCCCC2)cc(F)c1.[K+]. The van der Waals surface area contributed by atoms with Crippen LogP contribution >= 0.6 is 0 Å². The van der Waals surface area contributed by atoms with Gasteiger partial charge in [-0.25, -0.2) is 15.7 Å². The Labute approximate surface area is 240 Å². The minimum Gasteiger partial charge on any atom is -0.540 e. The zero-order valence-corrected chi connectivity index (χ0v) is 23.9. The second-order valence-corrected chi connectivity index (χ2v) is 7.89. The van der Waals surface area contributed by atoms with E-state index in [0.29, 0.717) is 29.2 Å². The molecule has 0 aliphatic carbocycles. The number of nitrogens with one attached hydrogen (secondary N) is 1. The first-order valence-corrected chi connectivity index (χ1v) is 10.9. The van der Waals surface area contributed by atoms with Gasteiger partial charge in [-0.15, -0.1) is 12.1 Å². The number of carbonyl (C=O) groups excluding carboxylic acids is 1. The molecule has 1 aromatic rings. The Morgan fingerprint density at radius 3 is 2.52 bits per heavy atom. The maximum absolute atomic E-state index is 13.8. The number of nitriles is 1. The second-order valence-electron chi connectivity index (χ2n) is 7.89. The number of benzene rings is 1. The summed E-state index contributed by atoms with van der Waals surface area (Å²) in [6.07, 6.45) is 8.62. The average Bonchev–Trinajstić information content (AvgIpc) is 2.79. The zero-order chi connectivity index (χ0) is 24.1. The maximum Gasteiger partial charge on any atom is 1.00 e. The number of piperidine rings is 1. The number of nitrogens with zero attached hydrogens (tertiary/aromatic N) is 3. The summed E-state index contributed by atoms with van der Waals surface area (Å²) in [4.78, 5) is 17.6. The number of hydrogen-bond acceptors (Lipinski definition) is 6. The smallest absolute Gasteiger partial charge is 0.540 e. The van der Waals surface area contributed by atoms with Gasteiger partial charge in [-0.3, -0.25) is 0 Å². The monoisotopic (exact) mass is 478 g/mol. The number of halogens is 1. The van der Waals surface area contributed by atoms with Crippen molar-refractivity contribution in [1.29, 1.82) is 5.26 Å². The molecule has 0 aromatic heterocycles. The molecule has 0 radical (unpaired) electrons. The third-order valence-corrected chi connectivity index (χ3v) is 5.17. The Bertz CT molecular complexity index is 897. The number of rotatable bonds is 7. The first-order valence-electron chi connectivity index (χ1n) is 10.9. The van der Waals surface area contributed by atoms with Crippen LogP contribution in [0.1, 0.15) is 59.4 Å². The van der Waals surface area contributed by atoms with Crippen LogP contribution in [0.25, 0.3) is 0 Å². The number of nitrogens with two attached hydrogens (primary N) is 1. The van der Waals surface area contributed by atoms with E-state index in [0.717, 1.165) is 31.5 Å². The van der Waals surface area contributed by atoms with Gasteiger partial charge in [0.25, 0.3) is 0 Å². The fourth-order valence-electron chi connectivity index (χ4n) is 3.20. The van der Waals surface area contributed by atoms with Crippen molar-refractivity contribution >= 4 is 18.2 Å². The minimum atomic E-state index is -0.924. The van der Waals surface area contributed by atoms with E-state index in [9.17, 15) is 9.18 Å². The molecule has 1 aliphatic heterocycles. The van der Waals surface area contributed by atoms with Gasteiger partial charge < -0.3 is 20.7 Å². The van der Waals surface area contributed by atoms with Gasteiger partial charge >= 0.3 is 51.4 Å². The first kappa shape index (κ1) is 31.7. The summed E-state index contributed by atoms with van der Waals surface area (Å²) in [6, 6.07) is 7.89. The number of anilines is 1. The Kier molecular flexibility index (Phi) is 15.6. The maximum atomic E-state index is 13.8. The summed E-state index contributed by atoms with van der Waals surface area (Å²) in [5, 5.41) is 11.6. The molecule has 6 nitrogen and oxygen atoms in total. The van der Waals surface area contributed by atoms with Crippen molar-refractivity contribution < 1.29 is 60.6 Å². The summed E-state index contributed by atoms with van der Waals surface area (Å²) >= 11 is 0. The number of likely N-dealkylation sites (tertiary alicyclic amines) is 1. The molecule has 8 heteroatoms. The Morgan fingerprint density at radius 2 is 2.03 bits per heavy atom. The molecule has 2 rings (SSSR count). The van der Waals surface area contributed by atoms with E-state index >= 15 is 0 Å². The largest absolute Gasteiger partial charge is 1.00 e.